The fourth-order valence-corrected chi connectivity index (χ4v) is 3.17. The largest absolute Gasteiger partial charge is 0.322 e. The SMILES string of the molecule is O=C(Nc1cccc(NC(=O)c2cccs2)c1)c1cccc(-n2cnnn2)c1. The van der Waals surface area contributed by atoms with Crippen LogP contribution in [0.2, 0.25) is 0 Å². The number of carbonyl (C=O) groups excluding carboxylic acids is 2. The van der Waals surface area contributed by atoms with E-state index in [1.54, 1.807) is 54.6 Å². The second-order valence-corrected chi connectivity index (χ2v) is 6.72. The number of hydrogen-bond acceptors (Lipinski definition) is 6. The van der Waals surface area contributed by atoms with Crippen molar-refractivity contribution in [2.75, 3.05) is 10.6 Å². The number of thiophene rings is 1. The third-order valence-corrected chi connectivity index (χ3v) is 4.71. The van der Waals surface area contributed by atoms with E-state index in [0.29, 0.717) is 27.5 Å². The third kappa shape index (κ3) is 3.94. The Morgan fingerprint density at radius 1 is 0.893 bits per heavy atom. The molecular weight excluding hydrogens is 376 g/mol. The molecule has 0 saturated carbocycles. The molecule has 8 nitrogen and oxygen atoms in total. The van der Waals surface area contributed by atoms with Crippen LogP contribution in [-0.4, -0.2) is 32.0 Å². The molecule has 2 aromatic heterocycles. The highest BCUT2D eigenvalue weighted by atomic mass is 32.1. The normalized spacial score (nSPS) is 10.4. The molecule has 0 radical (unpaired) electrons. The molecule has 2 heterocycles. The van der Waals surface area contributed by atoms with Crippen LogP contribution in [0.25, 0.3) is 5.69 Å². The van der Waals surface area contributed by atoms with E-state index in [2.05, 4.69) is 26.2 Å². The van der Waals surface area contributed by atoms with Gasteiger partial charge < -0.3 is 10.6 Å². The average Bonchev–Trinajstić information content (AvgIpc) is 3.42. The molecule has 2 N–H and O–H groups in total. The number of benzene rings is 2. The van der Waals surface area contributed by atoms with Gasteiger partial charge in [-0.05, 0) is 58.3 Å². The number of rotatable bonds is 5. The van der Waals surface area contributed by atoms with E-state index < -0.39 is 0 Å². The summed E-state index contributed by atoms with van der Waals surface area (Å²) >= 11 is 1.36. The van der Waals surface area contributed by atoms with Crippen molar-refractivity contribution in [1.82, 2.24) is 20.2 Å². The molecule has 0 aliphatic rings. The Hall–Kier alpha value is -3.85. The Kier molecular flexibility index (Phi) is 4.89. The summed E-state index contributed by atoms with van der Waals surface area (Å²) in [7, 11) is 0. The van der Waals surface area contributed by atoms with Crippen molar-refractivity contribution in [3.63, 3.8) is 0 Å². The van der Waals surface area contributed by atoms with Crippen molar-refractivity contribution in [2.24, 2.45) is 0 Å². The summed E-state index contributed by atoms with van der Waals surface area (Å²) in [5.74, 6) is -0.468. The van der Waals surface area contributed by atoms with Gasteiger partial charge in [-0.3, -0.25) is 9.59 Å². The number of amides is 2. The van der Waals surface area contributed by atoms with Gasteiger partial charge in [0, 0.05) is 16.9 Å². The predicted octanol–water partition coefficient (Wildman–Crippen LogP) is 3.23. The lowest BCUT2D eigenvalue weighted by Crippen LogP contribution is -2.13. The minimum Gasteiger partial charge on any atom is -0.322 e. The molecule has 4 aromatic rings. The third-order valence-electron chi connectivity index (χ3n) is 3.85. The molecule has 28 heavy (non-hydrogen) atoms. The van der Waals surface area contributed by atoms with Crippen molar-refractivity contribution in [2.45, 2.75) is 0 Å². The summed E-state index contributed by atoms with van der Waals surface area (Å²) in [6, 6.07) is 17.5. The maximum Gasteiger partial charge on any atom is 0.265 e. The van der Waals surface area contributed by atoms with E-state index in [0.717, 1.165) is 0 Å². The first-order chi connectivity index (χ1) is 13.7. The van der Waals surface area contributed by atoms with E-state index in [4.69, 9.17) is 0 Å². The Balaban J connectivity index is 1.48. The molecule has 0 spiro atoms. The van der Waals surface area contributed by atoms with Crippen molar-refractivity contribution in [1.29, 1.82) is 0 Å². The fourth-order valence-electron chi connectivity index (χ4n) is 2.55. The highest BCUT2D eigenvalue weighted by Crippen LogP contribution is 2.19. The monoisotopic (exact) mass is 390 g/mol. The van der Waals surface area contributed by atoms with Gasteiger partial charge in [-0.25, -0.2) is 4.68 Å². The minimum absolute atomic E-state index is 0.187. The first-order valence-electron chi connectivity index (χ1n) is 8.29. The molecule has 0 saturated heterocycles. The van der Waals surface area contributed by atoms with Crippen LogP contribution >= 0.6 is 11.3 Å². The summed E-state index contributed by atoms with van der Waals surface area (Å²) in [6.45, 7) is 0. The summed E-state index contributed by atoms with van der Waals surface area (Å²) in [4.78, 5) is 25.4. The first kappa shape index (κ1) is 17.6. The predicted molar refractivity (Wildman–Crippen MR) is 106 cm³/mol. The van der Waals surface area contributed by atoms with E-state index >= 15 is 0 Å². The lowest BCUT2D eigenvalue weighted by Gasteiger charge is -2.09. The smallest absolute Gasteiger partial charge is 0.265 e. The number of hydrogen-bond donors (Lipinski definition) is 2. The van der Waals surface area contributed by atoms with Gasteiger partial charge in [0.15, 0.2) is 0 Å². The number of aromatic nitrogens is 4. The van der Waals surface area contributed by atoms with Crippen LogP contribution in [0.3, 0.4) is 0 Å². The van der Waals surface area contributed by atoms with Crippen molar-refractivity contribution >= 4 is 34.5 Å². The maximum atomic E-state index is 12.6. The summed E-state index contributed by atoms with van der Waals surface area (Å²) < 4.78 is 1.47. The lowest BCUT2D eigenvalue weighted by molar-refractivity contribution is 0.102. The Bertz CT molecular complexity index is 1110. The van der Waals surface area contributed by atoms with Crippen LogP contribution in [0.1, 0.15) is 20.0 Å². The average molecular weight is 390 g/mol. The van der Waals surface area contributed by atoms with Gasteiger partial charge in [-0.1, -0.05) is 18.2 Å². The zero-order chi connectivity index (χ0) is 19.3. The van der Waals surface area contributed by atoms with Crippen molar-refractivity contribution in [3.05, 3.63) is 82.8 Å². The van der Waals surface area contributed by atoms with Crippen LogP contribution in [0, 0.1) is 0 Å². The van der Waals surface area contributed by atoms with Gasteiger partial charge in [-0.2, -0.15) is 0 Å². The van der Waals surface area contributed by atoms with Gasteiger partial charge >= 0.3 is 0 Å². The Morgan fingerprint density at radius 2 is 1.68 bits per heavy atom. The molecule has 9 heteroatoms. The first-order valence-corrected chi connectivity index (χ1v) is 9.17. The second-order valence-electron chi connectivity index (χ2n) is 5.77. The molecule has 138 valence electrons. The molecule has 2 amide bonds. The van der Waals surface area contributed by atoms with Gasteiger partial charge in [0.1, 0.15) is 6.33 Å². The molecule has 2 aromatic carbocycles. The summed E-state index contributed by atoms with van der Waals surface area (Å²) in [6.07, 6.45) is 1.46. The molecule has 0 unspecified atom stereocenters. The number of anilines is 2. The molecule has 0 fully saturated rings. The van der Waals surface area contributed by atoms with Crippen LogP contribution in [-0.2, 0) is 0 Å². The molecule has 0 aliphatic heterocycles. The van der Waals surface area contributed by atoms with E-state index in [1.807, 2.05) is 11.4 Å². The number of nitrogens with one attached hydrogen (secondary N) is 2. The van der Waals surface area contributed by atoms with Crippen LogP contribution in [0.5, 0.6) is 0 Å². The number of carbonyl (C=O) groups is 2. The molecule has 0 bridgehead atoms. The van der Waals surface area contributed by atoms with Gasteiger partial charge in [-0.15, -0.1) is 16.4 Å². The zero-order valence-corrected chi connectivity index (χ0v) is 15.3. The Morgan fingerprint density at radius 3 is 2.39 bits per heavy atom. The zero-order valence-electron chi connectivity index (χ0n) is 14.4. The van der Waals surface area contributed by atoms with Gasteiger partial charge in [0.25, 0.3) is 11.8 Å². The maximum absolute atomic E-state index is 12.6. The van der Waals surface area contributed by atoms with E-state index in [-0.39, 0.29) is 11.8 Å². The van der Waals surface area contributed by atoms with Crippen molar-refractivity contribution in [3.8, 4) is 5.69 Å². The molecular formula is C19H14N6O2S. The number of nitrogens with zero attached hydrogens (tertiary/aromatic N) is 4. The van der Waals surface area contributed by atoms with E-state index in [1.165, 1.54) is 22.3 Å². The molecule has 0 atom stereocenters. The van der Waals surface area contributed by atoms with E-state index in [9.17, 15) is 9.59 Å². The fraction of sp³-hybridized carbons (Fsp3) is 0. The van der Waals surface area contributed by atoms with Crippen LogP contribution < -0.4 is 10.6 Å². The minimum atomic E-state index is -0.281. The highest BCUT2D eigenvalue weighted by molar-refractivity contribution is 7.12. The lowest BCUT2D eigenvalue weighted by atomic mass is 10.2. The summed E-state index contributed by atoms with van der Waals surface area (Å²) in [5, 5.41) is 18.5. The molecule has 4 rings (SSSR count). The molecule has 0 aliphatic carbocycles. The van der Waals surface area contributed by atoms with Gasteiger partial charge in [0.2, 0.25) is 0 Å². The Labute approximate surface area is 163 Å². The van der Waals surface area contributed by atoms with Gasteiger partial charge in [0.05, 0.1) is 10.6 Å². The quantitative estimate of drug-likeness (QED) is 0.545. The van der Waals surface area contributed by atoms with Crippen LogP contribution in [0.15, 0.2) is 72.4 Å². The number of tetrazole rings is 1. The topological polar surface area (TPSA) is 102 Å². The van der Waals surface area contributed by atoms with Crippen molar-refractivity contribution < 1.29 is 9.59 Å². The standard InChI is InChI=1S/C19H14N6O2S/c26-18(13-4-1-7-16(10-13)25-12-20-23-24-25)21-14-5-2-6-15(11-14)22-19(27)17-8-3-9-28-17/h1-12H,(H,21,26)(H,22,27). The second kappa shape index (κ2) is 7.80. The highest BCUT2D eigenvalue weighted by Gasteiger charge is 2.10. The van der Waals surface area contributed by atoms with Crippen LogP contribution in [0.4, 0.5) is 11.4 Å². The summed E-state index contributed by atoms with van der Waals surface area (Å²) in [5.41, 5.74) is 2.30.